The van der Waals surface area contributed by atoms with Gasteiger partial charge < -0.3 is 0 Å². The summed E-state index contributed by atoms with van der Waals surface area (Å²) in [6, 6.07) is 0. The number of thiol groups is 2. The molecule has 4 heteroatoms. The Hall–Kier alpha value is 1.40. The number of rotatable bonds is 6. The molecule has 0 aromatic rings. The first-order valence-electron chi connectivity index (χ1n) is 6.02. The van der Waals surface area contributed by atoms with Crippen LogP contribution in [0, 0.1) is 5.41 Å². The van der Waals surface area contributed by atoms with Crippen molar-refractivity contribution >= 4 is 48.8 Å². The van der Waals surface area contributed by atoms with Gasteiger partial charge in [-0.05, 0) is 36.2 Å². The van der Waals surface area contributed by atoms with Gasteiger partial charge in [-0.3, -0.25) is 0 Å². The van der Waals surface area contributed by atoms with Crippen LogP contribution in [-0.2, 0) is 0 Å². The molecule has 0 amide bonds. The van der Waals surface area contributed by atoms with Gasteiger partial charge in [0, 0.05) is 22.0 Å². The Balaban J connectivity index is 2.41. The first-order valence-corrected chi connectivity index (χ1v) is 9.38. The molecule has 0 aromatic heterocycles. The van der Waals surface area contributed by atoms with Gasteiger partial charge in [0.15, 0.2) is 0 Å². The topological polar surface area (TPSA) is 0 Å². The van der Waals surface area contributed by atoms with Crippen LogP contribution in [0.15, 0.2) is 0 Å². The van der Waals surface area contributed by atoms with Crippen LogP contribution in [0.4, 0.5) is 0 Å². The smallest absolute Gasteiger partial charge is 0.00629 e. The monoisotopic (exact) mass is 296 g/mol. The fourth-order valence-corrected chi connectivity index (χ4v) is 5.98. The molecule has 1 fully saturated rings. The average Bonchev–Trinajstić information content (AvgIpc) is 2.21. The zero-order chi connectivity index (χ0) is 12.0. The molecular formula is C12H24S4. The summed E-state index contributed by atoms with van der Waals surface area (Å²) in [6.45, 7) is 4.85. The van der Waals surface area contributed by atoms with Crippen molar-refractivity contribution in [3.63, 3.8) is 0 Å². The number of hydrogen-bond acceptors (Lipinski definition) is 4. The van der Waals surface area contributed by atoms with Crippen molar-refractivity contribution in [1.82, 2.24) is 0 Å². The molecule has 16 heavy (non-hydrogen) atoms. The molecule has 1 rings (SSSR count). The van der Waals surface area contributed by atoms with Crippen molar-refractivity contribution in [2.75, 3.05) is 23.0 Å². The standard InChI is InChI=1S/C12H24S4/c1-12(2)8-10(15-5-3-13)7-11(9-12)16-6-4-14/h10-11,13-14H,3-9H2,1-2H3/t10-,11-/m1/s1. The summed E-state index contributed by atoms with van der Waals surface area (Å²) in [5, 5.41) is 1.71. The molecule has 0 bridgehead atoms. The van der Waals surface area contributed by atoms with Crippen molar-refractivity contribution in [3.8, 4) is 0 Å². The van der Waals surface area contributed by atoms with Gasteiger partial charge in [-0.15, -0.1) is 0 Å². The second kappa shape index (κ2) is 7.75. The van der Waals surface area contributed by atoms with Crippen LogP contribution in [0.5, 0.6) is 0 Å². The molecule has 96 valence electrons. The van der Waals surface area contributed by atoms with Crippen LogP contribution in [0.1, 0.15) is 33.1 Å². The molecule has 1 saturated carbocycles. The van der Waals surface area contributed by atoms with Crippen molar-refractivity contribution in [2.45, 2.75) is 43.6 Å². The van der Waals surface area contributed by atoms with Crippen molar-refractivity contribution in [3.05, 3.63) is 0 Å². The van der Waals surface area contributed by atoms with Crippen LogP contribution in [0.25, 0.3) is 0 Å². The average molecular weight is 297 g/mol. The van der Waals surface area contributed by atoms with Gasteiger partial charge in [0.05, 0.1) is 0 Å². The Morgan fingerprint density at radius 3 is 1.81 bits per heavy atom. The van der Waals surface area contributed by atoms with Gasteiger partial charge in [-0.1, -0.05) is 13.8 Å². The van der Waals surface area contributed by atoms with E-state index in [4.69, 9.17) is 0 Å². The zero-order valence-electron chi connectivity index (χ0n) is 10.3. The third-order valence-corrected chi connectivity index (χ3v) is 6.57. The van der Waals surface area contributed by atoms with E-state index in [0.29, 0.717) is 5.41 Å². The second-order valence-electron chi connectivity index (χ2n) is 5.24. The summed E-state index contributed by atoms with van der Waals surface area (Å²) < 4.78 is 0. The molecule has 1 aliphatic carbocycles. The lowest BCUT2D eigenvalue weighted by molar-refractivity contribution is 0.257. The SMILES string of the molecule is CC1(C)C[C@H](SCCS)C[C@@H](SCCS)C1. The zero-order valence-corrected chi connectivity index (χ0v) is 13.7. The largest absolute Gasteiger partial charge is 0.179 e. The minimum atomic E-state index is 0.529. The molecule has 0 aromatic carbocycles. The van der Waals surface area contributed by atoms with Gasteiger partial charge in [0.25, 0.3) is 0 Å². The number of thioether (sulfide) groups is 2. The van der Waals surface area contributed by atoms with E-state index in [0.717, 1.165) is 22.0 Å². The lowest BCUT2D eigenvalue weighted by Crippen LogP contribution is -2.32. The summed E-state index contributed by atoms with van der Waals surface area (Å²) in [6.07, 6.45) is 4.15. The quantitative estimate of drug-likeness (QED) is 0.703. The molecule has 0 heterocycles. The van der Waals surface area contributed by atoms with Crippen LogP contribution in [0.3, 0.4) is 0 Å². The highest BCUT2D eigenvalue weighted by molar-refractivity contribution is 8.01. The van der Waals surface area contributed by atoms with E-state index < -0.39 is 0 Å². The van der Waals surface area contributed by atoms with E-state index in [9.17, 15) is 0 Å². The second-order valence-corrected chi connectivity index (χ2v) is 8.95. The van der Waals surface area contributed by atoms with E-state index in [1.54, 1.807) is 0 Å². The Bertz CT molecular complexity index is 175. The molecule has 0 aliphatic heterocycles. The Morgan fingerprint density at radius 1 is 1.00 bits per heavy atom. The predicted octanol–water partition coefficient (Wildman–Crippen LogP) is 4.26. The maximum Gasteiger partial charge on any atom is 0.00629 e. The third kappa shape index (κ3) is 5.83. The molecule has 1 aliphatic rings. The minimum Gasteiger partial charge on any atom is -0.179 e. The minimum absolute atomic E-state index is 0.529. The Morgan fingerprint density at radius 2 is 1.44 bits per heavy atom. The maximum absolute atomic E-state index is 4.31. The van der Waals surface area contributed by atoms with Crippen LogP contribution in [-0.4, -0.2) is 33.5 Å². The number of hydrogen-bond donors (Lipinski definition) is 2. The van der Waals surface area contributed by atoms with E-state index in [1.807, 2.05) is 0 Å². The molecule has 0 spiro atoms. The summed E-state index contributed by atoms with van der Waals surface area (Å²) in [5.74, 6) is 4.42. The maximum atomic E-state index is 4.31. The molecule has 0 unspecified atom stereocenters. The Kier molecular flexibility index (Phi) is 7.49. The lowest BCUT2D eigenvalue weighted by Gasteiger charge is -2.39. The highest BCUT2D eigenvalue weighted by Gasteiger charge is 2.33. The molecule has 0 radical (unpaired) electrons. The van der Waals surface area contributed by atoms with Crippen LogP contribution >= 0.6 is 48.8 Å². The molecule has 0 nitrogen and oxygen atoms in total. The van der Waals surface area contributed by atoms with E-state index in [1.165, 1.54) is 30.8 Å². The summed E-state index contributed by atoms with van der Waals surface area (Å²) >= 11 is 12.9. The fraction of sp³-hybridized carbons (Fsp3) is 1.00. The molecule has 0 saturated heterocycles. The molecule has 2 atom stereocenters. The van der Waals surface area contributed by atoms with E-state index in [2.05, 4.69) is 62.6 Å². The van der Waals surface area contributed by atoms with Crippen molar-refractivity contribution < 1.29 is 0 Å². The first-order chi connectivity index (χ1) is 7.57. The third-order valence-electron chi connectivity index (χ3n) is 2.98. The molecule has 0 N–H and O–H groups in total. The van der Waals surface area contributed by atoms with E-state index >= 15 is 0 Å². The summed E-state index contributed by atoms with van der Waals surface area (Å²) in [4.78, 5) is 0. The normalized spacial score (nSPS) is 29.2. The first kappa shape index (κ1) is 15.5. The van der Waals surface area contributed by atoms with Gasteiger partial charge >= 0.3 is 0 Å². The van der Waals surface area contributed by atoms with Gasteiger partial charge in [0.1, 0.15) is 0 Å². The van der Waals surface area contributed by atoms with Gasteiger partial charge in [0.2, 0.25) is 0 Å². The van der Waals surface area contributed by atoms with Crippen LogP contribution in [0.2, 0.25) is 0 Å². The van der Waals surface area contributed by atoms with Gasteiger partial charge in [-0.25, -0.2) is 0 Å². The predicted molar refractivity (Wildman–Crippen MR) is 87.8 cm³/mol. The van der Waals surface area contributed by atoms with Crippen molar-refractivity contribution in [2.24, 2.45) is 5.41 Å². The van der Waals surface area contributed by atoms with Crippen molar-refractivity contribution in [1.29, 1.82) is 0 Å². The lowest BCUT2D eigenvalue weighted by atomic mass is 9.77. The highest BCUT2D eigenvalue weighted by Crippen LogP contribution is 2.44. The van der Waals surface area contributed by atoms with E-state index in [-0.39, 0.29) is 0 Å². The van der Waals surface area contributed by atoms with Gasteiger partial charge in [-0.2, -0.15) is 48.8 Å². The Labute approximate surface area is 120 Å². The molecular weight excluding hydrogens is 272 g/mol. The summed E-state index contributed by atoms with van der Waals surface area (Å²) in [5.41, 5.74) is 0.529. The highest BCUT2D eigenvalue weighted by atomic mass is 32.2. The summed E-state index contributed by atoms with van der Waals surface area (Å²) in [7, 11) is 0. The fourth-order valence-electron chi connectivity index (χ4n) is 2.47. The van der Waals surface area contributed by atoms with Crippen LogP contribution < -0.4 is 0 Å².